The molecule has 0 saturated carbocycles. The van der Waals surface area contributed by atoms with Gasteiger partial charge < -0.3 is 30.2 Å². The summed E-state index contributed by atoms with van der Waals surface area (Å²) in [6, 6.07) is 5.72. The van der Waals surface area contributed by atoms with Crippen molar-refractivity contribution in [1.82, 2.24) is 16.0 Å². The number of benzene rings is 1. The average Bonchev–Trinajstić information content (AvgIpc) is 2.96. The fraction of sp³-hybridized carbons (Fsp3) is 0.526. The summed E-state index contributed by atoms with van der Waals surface area (Å²) < 4.78 is 11.5. The van der Waals surface area contributed by atoms with E-state index in [4.69, 9.17) is 9.15 Å². The second kappa shape index (κ2) is 9.56. The molecule has 0 radical (unpaired) electrons. The van der Waals surface area contributed by atoms with Gasteiger partial charge in [0, 0.05) is 31.2 Å². The number of furan rings is 1. The number of rotatable bonds is 10. The van der Waals surface area contributed by atoms with Gasteiger partial charge in [-0.2, -0.15) is 0 Å². The lowest BCUT2D eigenvalue weighted by molar-refractivity contribution is 0.0927. The highest BCUT2D eigenvalue weighted by atomic mass is 16.5. The topological polar surface area (TPSA) is 95.8 Å². The van der Waals surface area contributed by atoms with Crippen LogP contribution in [0.15, 0.2) is 22.6 Å². The van der Waals surface area contributed by atoms with Crippen molar-refractivity contribution in [2.45, 2.75) is 32.9 Å². The molecule has 7 heteroatoms. The number of aliphatic hydroxyl groups is 1. The molecular formula is C19H29N3O4. The molecule has 144 valence electrons. The van der Waals surface area contributed by atoms with Crippen molar-refractivity contribution >= 4 is 16.9 Å². The largest absolute Gasteiger partial charge is 0.490 e. The minimum Gasteiger partial charge on any atom is -0.490 e. The molecule has 1 atom stereocenters. The predicted molar refractivity (Wildman–Crippen MR) is 102 cm³/mol. The Labute approximate surface area is 154 Å². The smallest absolute Gasteiger partial charge is 0.287 e. The van der Waals surface area contributed by atoms with Gasteiger partial charge in [0.05, 0.1) is 5.39 Å². The van der Waals surface area contributed by atoms with Crippen molar-refractivity contribution in [3.8, 4) is 5.75 Å². The Balaban J connectivity index is 2.12. The number of ether oxygens (including phenoxy) is 1. The molecule has 0 unspecified atom stereocenters. The first kappa shape index (κ1) is 20.2. The SMILES string of the molecule is CNCCNC(=O)c1oc2cccc(OC[C@H](O)CNC(C)C)c2c1C. The number of aryl methyl sites for hydroxylation is 1. The molecule has 1 amide bonds. The summed E-state index contributed by atoms with van der Waals surface area (Å²) in [4.78, 5) is 12.3. The van der Waals surface area contributed by atoms with Crippen molar-refractivity contribution in [3.63, 3.8) is 0 Å². The molecule has 2 rings (SSSR count). The van der Waals surface area contributed by atoms with Crippen LogP contribution in [-0.4, -0.2) is 56.4 Å². The van der Waals surface area contributed by atoms with Crippen molar-refractivity contribution in [1.29, 1.82) is 0 Å². The van der Waals surface area contributed by atoms with Crippen LogP contribution in [0.2, 0.25) is 0 Å². The monoisotopic (exact) mass is 363 g/mol. The van der Waals surface area contributed by atoms with Gasteiger partial charge in [0.25, 0.3) is 5.91 Å². The lowest BCUT2D eigenvalue weighted by atomic mass is 10.1. The minimum absolute atomic E-state index is 0.160. The van der Waals surface area contributed by atoms with E-state index in [-0.39, 0.29) is 18.3 Å². The molecule has 0 aliphatic rings. The van der Waals surface area contributed by atoms with Gasteiger partial charge in [-0.25, -0.2) is 0 Å². The minimum atomic E-state index is -0.621. The average molecular weight is 363 g/mol. The third kappa shape index (κ3) is 5.20. The number of amides is 1. The fourth-order valence-electron chi connectivity index (χ4n) is 2.60. The second-order valence-corrected chi connectivity index (χ2v) is 6.57. The number of hydrogen-bond acceptors (Lipinski definition) is 6. The maximum Gasteiger partial charge on any atom is 0.287 e. The zero-order valence-electron chi connectivity index (χ0n) is 15.9. The molecule has 7 nitrogen and oxygen atoms in total. The lowest BCUT2D eigenvalue weighted by Gasteiger charge is -2.15. The van der Waals surface area contributed by atoms with Crippen LogP contribution in [0.4, 0.5) is 0 Å². The highest BCUT2D eigenvalue weighted by Crippen LogP contribution is 2.33. The third-order valence-corrected chi connectivity index (χ3v) is 3.98. The number of nitrogens with one attached hydrogen (secondary N) is 3. The van der Waals surface area contributed by atoms with Crippen LogP contribution in [0.5, 0.6) is 5.75 Å². The normalized spacial score (nSPS) is 12.5. The van der Waals surface area contributed by atoms with Crippen LogP contribution in [0.1, 0.15) is 30.0 Å². The molecule has 0 bridgehead atoms. The Hall–Kier alpha value is -2.09. The summed E-state index contributed by atoms with van der Waals surface area (Å²) in [5, 5.41) is 19.7. The van der Waals surface area contributed by atoms with Gasteiger partial charge in [-0.05, 0) is 26.1 Å². The highest BCUT2D eigenvalue weighted by Gasteiger charge is 2.20. The van der Waals surface area contributed by atoms with E-state index in [1.807, 2.05) is 40.0 Å². The summed E-state index contributed by atoms with van der Waals surface area (Å²) in [6.07, 6.45) is -0.621. The van der Waals surface area contributed by atoms with Crippen LogP contribution in [0.3, 0.4) is 0 Å². The summed E-state index contributed by atoms with van der Waals surface area (Å²) >= 11 is 0. The van der Waals surface area contributed by atoms with Gasteiger partial charge in [0.15, 0.2) is 5.76 Å². The Kier molecular flexibility index (Phi) is 7.44. The van der Waals surface area contributed by atoms with E-state index in [2.05, 4.69) is 16.0 Å². The quantitative estimate of drug-likeness (QED) is 0.477. The Morgan fingerprint density at radius 1 is 1.31 bits per heavy atom. The number of carbonyl (C=O) groups excluding carboxylic acids is 1. The van der Waals surface area contributed by atoms with Gasteiger partial charge in [-0.1, -0.05) is 19.9 Å². The van der Waals surface area contributed by atoms with Crippen LogP contribution in [0, 0.1) is 6.92 Å². The first-order valence-electron chi connectivity index (χ1n) is 8.93. The summed E-state index contributed by atoms with van der Waals surface area (Å²) in [7, 11) is 1.83. The molecule has 1 aromatic heterocycles. The number of aliphatic hydroxyl groups excluding tert-OH is 1. The fourth-order valence-corrected chi connectivity index (χ4v) is 2.60. The molecular weight excluding hydrogens is 334 g/mol. The summed E-state index contributed by atoms with van der Waals surface area (Å²) in [6.45, 7) is 7.69. The lowest BCUT2D eigenvalue weighted by Crippen LogP contribution is -2.35. The third-order valence-electron chi connectivity index (χ3n) is 3.98. The van der Waals surface area contributed by atoms with E-state index in [9.17, 15) is 9.90 Å². The van der Waals surface area contributed by atoms with Gasteiger partial charge >= 0.3 is 0 Å². The molecule has 0 spiro atoms. The summed E-state index contributed by atoms with van der Waals surface area (Å²) in [5.41, 5.74) is 1.32. The van der Waals surface area contributed by atoms with Crippen LogP contribution in [0.25, 0.3) is 11.0 Å². The first-order valence-corrected chi connectivity index (χ1v) is 8.93. The molecule has 0 aliphatic heterocycles. The molecule has 4 N–H and O–H groups in total. The molecule has 0 saturated heterocycles. The van der Waals surface area contributed by atoms with Gasteiger partial charge in [-0.3, -0.25) is 4.79 Å². The van der Waals surface area contributed by atoms with Crippen LogP contribution in [-0.2, 0) is 0 Å². The highest BCUT2D eigenvalue weighted by molar-refractivity contribution is 6.00. The van der Waals surface area contributed by atoms with E-state index in [1.54, 1.807) is 6.07 Å². The summed E-state index contributed by atoms with van der Waals surface area (Å²) in [5.74, 6) is 0.636. The molecule has 0 fully saturated rings. The van der Waals surface area contributed by atoms with Crippen LogP contribution >= 0.6 is 0 Å². The van der Waals surface area contributed by atoms with E-state index < -0.39 is 6.10 Å². The van der Waals surface area contributed by atoms with Crippen molar-refractivity contribution in [3.05, 3.63) is 29.5 Å². The molecule has 26 heavy (non-hydrogen) atoms. The first-order chi connectivity index (χ1) is 12.4. The second-order valence-electron chi connectivity index (χ2n) is 6.57. The zero-order chi connectivity index (χ0) is 19.1. The standard InChI is InChI=1S/C19H29N3O4/c1-12(2)22-10-14(23)11-25-15-6-5-7-16-17(15)13(3)18(26-16)19(24)21-9-8-20-4/h5-7,12,14,20,22-23H,8-11H2,1-4H3,(H,21,24)/t14-/m1/s1. The molecule has 0 aliphatic carbocycles. The van der Waals surface area contributed by atoms with E-state index in [0.717, 1.165) is 10.9 Å². The van der Waals surface area contributed by atoms with Gasteiger partial charge in [0.1, 0.15) is 24.0 Å². The molecule has 1 aromatic carbocycles. The predicted octanol–water partition coefficient (Wildman–Crippen LogP) is 1.43. The zero-order valence-corrected chi connectivity index (χ0v) is 15.9. The number of carbonyl (C=O) groups is 1. The van der Waals surface area contributed by atoms with Crippen molar-refractivity contribution in [2.75, 3.05) is 33.3 Å². The Bertz CT molecular complexity index is 727. The molecule has 2 aromatic rings. The van der Waals surface area contributed by atoms with Crippen molar-refractivity contribution in [2.24, 2.45) is 0 Å². The van der Waals surface area contributed by atoms with Crippen molar-refractivity contribution < 1.29 is 19.1 Å². The Morgan fingerprint density at radius 3 is 2.77 bits per heavy atom. The molecule has 1 heterocycles. The van der Waals surface area contributed by atoms with Gasteiger partial charge in [-0.15, -0.1) is 0 Å². The number of hydrogen-bond donors (Lipinski definition) is 4. The van der Waals surface area contributed by atoms with E-state index >= 15 is 0 Å². The Morgan fingerprint density at radius 2 is 2.08 bits per heavy atom. The van der Waals surface area contributed by atoms with E-state index in [1.165, 1.54) is 0 Å². The number of fused-ring (bicyclic) bond motifs is 1. The maximum absolute atomic E-state index is 12.3. The number of likely N-dealkylation sites (N-methyl/N-ethyl adjacent to an activating group) is 1. The maximum atomic E-state index is 12.3. The van der Waals surface area contributed by atoms with Gasteiger partial charge in [0.2, 0.25) is 0 Å². The van der Waals surface area contributed by atoms with Crippen LogP contribution < -0.4 is 20.7 Å². The van der Waals surface area contributed by atoms with E-state index in [0.29, 0.717) is 37.0 Å².